The molecule has 1 rings (SSSR count). The Morgan fingerprint density at radius 2 is 1.94 bits per heavy atom. The molecule has 0 radical (unpaired) electrons. The number of nitrogens with one attached hydrogen (secondary N) is 1. The molecule has 0 aliphatic rings. The highest BCUT2D eigenvalue weighted by molar-refractivity contribution is 5.27. The van der Waals surface area contributed by atoms with Gasteiger partial charge in [0.15, 0.2) is 0 Å². The van der Waals surface area contributed by atoms with Gasteiger partial charge in [0.05, 0.1) is 0 Å². The Labute approximate surface area is 98.4 Å². The Morgan fingerprint density at radius 3 is 2.50 bits per heavy atom. The van der Waals surface area contributed by atoms with Crippen LogP contribution in [0.5, 0.6) is 5.75 Å². The Bertz CT molecular complexity index is 284. The second-order valence-electron chi connectivity index (χ2n) is 3.92. The van der Waals surface area contributed by atoms with E-state index in [1.807, 2.05) is 19.2 Å². The maximum absolute atomic E-state index is 5.65. The van der Waals surface area contributed by atoms with Crippen LogP contribution in [0.15, 0.2) is 24.3 Å². The number of nitrogens with zero attached hydrogens (tertiary/aromatic N) is 1. The van der Waals surface area contributed by atoms with E-state index in [1.165, 1.54) is 5.56 Å². The molecule has 1 aromatic rings. The van der Waals surface area contributed by atoms with E-state index in [4.69, 9.17) is 4.74 Å². The first kappa shape index (κ1) is 13.0. The largest absolute Gasteiger partial charge is 0.492 e. The molecule has 3 heteroatoms. The summed E-state index contributed by atoms with van der Waals surface area (Å²) in [7, 11) is 4.05. The number of hydrogen-bond donors (Lipinski definition) is 1. The highest BCUT2D eigenvalue weighted by Gasteiger charge is 1.97. The van der Waals surface area contributed by atoms with Gasteiger partial charge in [0.25, 0.3) is 0 Å². The summed E-state index contributed by atoms with van der Waals surface area (Å²) in [6, 6.07) is 8.24. The molecule has 0 aliphatic carbocycles. The molecule has 3 nitrogen and oxygen atoms in total. The van der Waals surface area contributed by atoms with Gasteiger partial charge < -0.3 is 15.0 Å². The smallest absolute Gasteiger partial charge is 0.119 e. The minimum absolute atomic E-state index is 0.746. The molecular weight excluding hydrogens is 200 g/mol. The minimum Gasteiger partial charge on any atom is -0.492 e. The van der Waals surface area contributed by atoms with Crippen molar-refractivity contribution in [2.75, 3.05) is 33.8 Å². The van der Waals surface area contributed by atoms with Crippen molar-refractivity contribution in [1.82, 2.24) is 10.2 Å². The monoisotopic (exact) mass is 222 g/mol. The lowest BCUT2D eigenvalue weighted by Gasteiger charge is -2.14. The van der Waals surface area contributed by atoms with Crippen molar-refractivity contribution in [3.8, 4) is 5.75 Å². The zero-order valence-electron chi connectivity index (χ0n) is 10.5. The number of ether oxygens (including phenoxy) is 1. The van der Waals surface area contributed by atoms with Crippen molar-refractivity contribution >= 4 is 0 Å². The standard InChI is InChI=1S/C13H22N2O/c1-4-15(3)9-10-16-13-7-5-12(6-8-13)11-14-2/h5-8,14H,4,9-11H2,1-3H3. The molecule has 0 heterocycles. The summed E-state index contributed by atoms with van der Waals surface area (Å²) in [6.45, 7) is 5.82. The lowest BCUT2D eigenvalue weighted by Crippen LogP contribution is -2.23. The summed E-state index contributed by atoms with van der Waals surface area (Å²) in [5, 5.41) is 3.12. The summed E-state index contributed by atoms with van der Waals surface area (Å²) in [6.07, 6.45) is 0. The highest BCUT2D eigenvalue weighted by atomic mass is 16.5. The van der Waals surface area contributed by atoms with E-state index in [0.29, 0.717) is 0 Å². The van der Waals surface area contributed by atoms with Gasteiger partial charge in [-0.2, -0.15) is 0 Å². The number of hydrogen-bond acceptors (Lipinski definition) is 3. The zero-order valence-corrected chi connectivity index (χ0v) is 10.5. The number of rotatable bonds is 7. The molecule has 0 bridgehead atoms. The molecule has 0 amide bonds. The second-order valence-corrected chi connectivity index (χ2v) is 3.92. The first-order valence-corrected chi connectivity index (χ1v) is 5.81. The van der Waals surface area contributed by atoms with E-state index < -0.39 is 0 Å². The zero-order chi connectivity index (χ0) is 11.8. The van der Waals surface area contributed by atoms with E-state index in [9.17, 15) is 0 Å². The fraction of sp³-hybridized carbons (Fsp3) is 0.538. The van der Waals surface area contributed by atoms with Crippen LogP contribution in [0.2, 0.25) is 0 Å². The summed E-state index contributed by atoms with van der Waals surface area (Å²) < 4.78 is 5.65. The van der Waals surface area contributed by atoms with E-state index >= 15 is 0 Å². The van der Waals surface area contributed by atoms with Crippen molar-refractivity contribution in [3.63, 3.8) is 0 Å². The van der Waals surface area contributed by atoms with Gasteiger partial charge in [-0.25, -0.2) is 0 Å². The van der Waals surface area contributed by atoms with Crippen molar-refractivity contribution in [2.45, 2.75) is 13.5 Å². The van der Waals surface area contributed by atoms with Gasteiger partial charge in [0, 0.05) is 13.1 Å². The van der Waals surface area contributed by atoms with E-state index in [1.54, 1.807) is 0 Å². The number of benzene rings is 1. The Morgan fingerprint density at radius 1 is 1.25 bits per heavy atom. The van der Waals surface area contributed by atoms with Gasteiger partial charge >= 0.3 is 0 Å². The Hall–Kier alpha value is -1.06. The van der Waals surface area contributed by atoms with Crippen LogP contribution in [-0.2, 0) is 6.54 Å². The first-order valence-electron chi connectivity index (χ1n) is 5.81. The number of likely N-dealkylation sites (N-methyl/N-ethyl adjacent to an activating group) is 1. The summed E-state index contributed by atoms with van der Waals surface area (Å²) >= 11 is 0. The Kier molecular flexibility index (Phi) is 5.90. The molecule has 0 atom stereocenters. The normalized spacial score (nSPS) is 10.8. The maximum atomic E-state index is 5.65. The average molecular weight is 222 g/mol. The first-order chi connectivity index (χ1) is 7.76. The third-order valence-corrected chi connectivity index (χ3v) is 2.59. The van der Waals surface area contributed by atoms with Crippen molar-refractivity contribution in [2.24, 2.45) is 0 Å². The lowest BCUT2D eigenvalue weighted by atomic mass is 10.2. The fourth-order valence-corrected chi connectivity index (χ4v) is 1.39. The Balaban J connectivity index is 2.31. The van der Waals surface area contributed by atoms with E-state index in [-0.39, 0.29) is 0 Å². The van der Waals surface area contributed by atoms with Gasteiger partial charge in [-0.3, -0.25) is 0 Å². The summed E-state index contributed by atoms with van der Waals surface area (Å²) in [5.74, 6) is 0.948. The molecule has 1 aromatic carbocycles. The highest BCUT2D eigenvalue weighted by Crippen LogP contribution is 2.11. The molecular formula is C13H22N2O. The van der Waals surface area contributed by atoms with Crippen LogP contribution in [0.3, 0.4) is 0 Å². The molecule has 0 fully saturated rings. The van der Waals surface area contributed by atoms with Crippen LogP contribution in [-0.4, -0.2) is 38.7 Å². The van der Waals surface area contributed by atoms with Crippen molar-refractivity contribution in [1.29, 1.82) is 0 Å². The predicted octanol–water partition coefficient (Wildman–Crippen LogP) is 1.74. The van der Waals surface area contributed by atoms with Crippen LogP contribution in [0.1, 0.15) is 12.5 Å². The SMILES string of the molecule is CCN(C)CCOc1ccc(CNC)cc1. The van der Waals surface area contributed by atoms with Gasteiger partial charge in [0.1, 0.15) is 12.4 Å². The predicted molar refractivity (Wildman–Crippen MR) is 67.9 cm³/mol. The van der Waals surface area contributed by atoms with E-state index in [0.717, 1.165) is 32.0 Å². The topological polar surface area (TPSA) is 24.5 Å². The molecule has 0 aliphatic heterocycles. The van der Waals surface area contributed by atoms with Gasteiger partial charge in [-0.05, 0) is 38.3 Å². The second kappa shape index (κ2) is 7.25. The molecule has 0 unspecified atom stereocenters. The summed E-state index contributed by atoms with van der Waals surface area (Å²) in [4.78, 5) is 2.23. The van der Waals surface area contributed by atoms with Gasteiger partial charge in [0.2, 0.25) is 0 Å². The third kappa shape index (κ3) is 4.64. The molecule has 1 N–H and O–H groups in total. The lowest BCUT2D eigenvalue weighted by molar-refractivity contribution is 0.244. The fourth-order valence-electron chi connectivity index (χ4n) is 1.39. The van der Waals surface area contributed by atoms with Crippen LogP contribution < -0.4 is 10.1 Å². The molecule has 16 heavy (non-hydrogen) atoms. The molecule has 90 valence electrons. The molecule has 0 saturated heterocycles. The maximum Gasteiger partial charge on any atom is 0.119 e. The molecule has 0 aromatic heterocycles. The molecule has 0 spiro atoms. The van der Waals surface area contributed by atoms with Crippen LogP contribution in [0.25, 0.3) is 0 Å². The summed E-state index contributed by atoms with van der Waals surface area (Å²) in [5.41, 5.74) is 1.28. The van der Waals surface area contributed by atoms with Gasteiger partial charge in [-0.1, -0.05) is 19.1 Å². The van der Waals surface area contributed by atoms with Gasteiger partial charge in [-0.15, -0.1) is 0 Å². The quantitative estimate of drug-likeness (QED) is 0.760. The van der Waals surface area contributed by atoms with Crippen LogP contribution >= 0.6 is 0 Å². The van der Waals surface area contributed by atoms with Crippen LogP contribution in [0, 0.1) is 0 Å². The third-order valence-electron chi connectivity index (χ3n) is 2.59. The molecule has 0 saturated carbocycles. The van der Waals surface area contributed by atoms with E-state index in [2.05, 4.69) is 36.3 Å². The average Bonchev–Trinajstić information content (AvgIpc) is 2.31. The minimum atomic E-state index is 0.746. The van der Waals surface area contributed by atoms with Crippen molar-refractivity contribution < 1.29 is 4.74 Å². The van der Waals surface area contributed by atoms with Crippen LogP contribution in [0.4, 0.5) is 0 Å². The van der Waals surface area contributed by atoms with Crippen molar-refractivity contribution in [3.05, 3.63) is 29.8 Å².